The zero-order valence-electron chi connectivity index (χ0n) is 13.1. The van der Waals surface area contributed by atoms with Crippen molar-refractivity contribution >= 4 is 11.6 Å². The summed E-state index contributed by atoms with van der Waals surface area (Å²) in [4.78, 5) is 17.3. The summed E-state index contributed by atoms with van der Waals surface area (Å²) in [5.41, 5.74) is 4.65. The molecule has 1 atom stereocenters. The predicted octanol–water partition coefficient (Wildman–Crippen LogP) is 2.81. The summed E-state index contributed by atoms with van der Waals surface area (Å²) in [5, 5.41) is 3.26. The predicted molar refractivity (Wildman–Crippen MR) is 85.8 cm³/mol. The van der Waals surface area contributed by atoms with E-state index >= 15 is 0 Å². The summed E-state index contributed by atoms with van der Waals surface area (Å²) in [6.07, 6.45) is 9.56. The van der Waals surface area contributed by atoms with Crippen molar-refractivity contribution in [2.24, 2.45) is 5.92 Å². The van der Waals surface area contributed by atoms with E-state index in [1.807, 2.05) is 0 Å². The minimum absolute atomic E-state index is 0.106. The van der Waals surface area contributed by atoms with Crippen LogP contribution in [0.15, 0.2) is 18.3 Å². The summed E-state index contributed by atoms with van der Waals surface area (Å²) in [5.74, 6) is 0.355. The quantitative estimate of drug-likeness (QED) is 0.926. The van der Waals surface area contributed by atoms with Gasteiger partial charge in [0.05, 0.1) is 5.69 Å². The lowest BCUT2D eigenvalue weighted by molar-refractivity contribution is -0.126. The molecule has 2 aromatic heterocycles. The molecule has 0 radical (unpaired) electrons. The van der Waals surface area contributed by atoms with Crippen LogP contribution in [0, 0.1) is 12.8 Å². The maximum atomic E-state index is 12.5. The van der Waals surface area contributed by atoms with Gasteiger partial charge in [0.1, 0.15) is 5.65 Å². The Bertz CT molecular complexity index is 712. The molecule has 116 valence electrons. The van der Waals surface area contributed by atoms with Gasteiger partial charge < -0.3 is 9.72 Å². The standard InChI is InChI=1S/C18H23N3O/c1-12-8-9-21-16-11-13(6-7-15(16)20-17(21)10-12)18(22)19-14-4-2-3-5-14/h8-10,13-14H,2-7,11H2,1H3,(H,19,22). The van der Waals surface area contributed by atoms with Gasteiger partial charge in [-0.1, -0.05) is 12.8 Å². The van der Waals surface area contributed by atoms with Crippen molar-refractivity contribution in [3.63, 3.8) is 0 Å². The Hall–Kier alpha value is -1.84. The maximum absolute atomic E-state index is 12.5. The second kappa shape index (κ2) is 5.41. The van der Waals surface area contributed by atoms with E-state index in [4.69, 9.17) is 4.98 Å². The molecule has 2 aliphatic carbocycles. The summed E-state index contributed by atoms with van der Waals surface area (Å²) in [7, 11) is 0. The monoisotopic (exact) mass is 297 g/mol. The van der Waals surface area contributed by atoms with Gasteiger partial charge in [-0.05, 0) is 50.3 Å². The number of nitrogens with one attached hydrogen (secondary N) is 1. The maximum Gasteiger partial charge on any atom is 0.223 e. The molecule has 2 aromatic rings. The Morgan fingerprint density at radius 2 is 2.14 bits per heavy atom. The third kappa shape index (κ3) is 2.40. The van der Waals surface area contributed by atoms with E-state index in [1.165, 1.54) is 29.8 Å². The van der Waals surface area contributed by atoms with Gasteiger partial charge in [0.2, 0.25) is 5.91 Å². The number of hydrogen-bond acceptors (Lipinski definition) is 2. The van der Waals surface area contributed by atoms with E-state index in [0.717, 1.165) is 37.8 Å². The molecule has 1 amide bonds. The first-order valence-electron chi connectivity index (χ1n) is 8.47. The van der Waals surface area contributed by atoms with Crippen LogP contribution in [-0.4, -0.2) is 21.3 Å². The number of aryl methyl sites for hydroxylation is 2. The van der Waals surface area contributed by atoms with Crippen molar-refractivity contribution < 1.29 is 4.79 Å². The smallest absolute Gasteiger partial charge is 0.223 e. The molecule has 1 N–H and O–H groups in total. The fourth-order valence-corrected chi connectivity index (χ4v) is 3.92. The van der Waals surface area contributed by atoms with Gasteiger partial charge in [-0.2, -0.15) is 0 Å². The molecule has 0 saturated heterocycles. The van der Waals surface area contributed by atoms with E-state index in [1.54, 1.807) is 0 Å². The minimum atomic E-state index is 0.106. The summed E-state index contributed by atoms with van der Waals surface area (Å²) in [6.45, 7) is 2.09. The molecule has 0 spiro atoms. The lowest BCUT2D eigenvalue weighted by Crippen LogP contribution is -2.39. The van der Waals surface area contributed by atoms with Crippen molar-refractivity contribution in [1.29, 1.82) is 0 Å². The van der Waals surface area contributed by atoms with E-state index in [0.29, 0.717) is 6.04 Å². The van der Waals surface area contributed by atoms with Crippen molar-refractivity contribution in [2.45, 2.75) is 57.9 Å². The molecule has 2 aliphatic rings. The summed E-state index contributed by atoms with van der Waals surface area (Å²) >= 11 is 0. The number of fused-ring (bicyclic) bond motifs is 3. The van der Waals surface area contributed by atoms with Crippen LogP contribution in [0.1, 0.15) is 49.1 Å². The molecule has 2 heterocycles. The van der Waals surface area contributed by atoms with Crippen LogP contribution in [0.25, 0.3) is 5.65 Å². The van der Waals surface area contributed by atoms with Gasteiger partial charge in [0, 0.05) is 30.3 Å². The number of amides is 1. The van der Waals surface area contributed by atoms with Gasteiger partial charge >= 0.3 is 0 Å². The zero-order chi connectivity index (χ0) is 15.1. The highest BCUT2D eigenvalue weighted by Gasteiger charge is 2.29. The highest BCUT2D eigenvalue weighted by atomic mass is 16.1. The number of hydrogen-bond donors (Lipinski definition) is 1. The first-order chi connectivity index (χ1) is 10.7. The fraction of sp³-hybridized carbons (Fsp3) is 0.556. The molecule has 1 unspecified atom stereocenters. The van der Waals surface area contributed by atoms with Crippen molar-refractivity contribution in [3.8, 4) is 0 Å². The Labute approximate surface area is 130 Å². The molecular formula is C18H23N3O. The number of rotatable bonds is 2. The van der Waals surface area contributed by atoms with Gasteiger partial charge in [-0.3, -0.25) is 4.79 Å². The van der Waals surface area contributed by atoms with Crippen LogP contribution in [0.3, 0.4) is 0 Å². The van der Waals surface area contributed by atoms with Crippen LogP contribution in [0.5, 0.6) is 0 Å². The molecule has 0 bridgehead atoms. The largest absolute Gasteiger partial charge is 0.353 e. The lowest BCUT2D eigenvalue weighted by atomic mass is 9.89. The van der Waals surface area contributed by atoms with Gasteiger partial charge in [0.25, 0.3) is 0 Å². The molecule has 1 saturated carbocycles. The molecule has 1 fully saturated rings. The summed E-state index contributed by atoms with van der Waals surface area (Å²) in [6, 6.07) is 4.64. The van der Waals surface area contributed by atoms with E-state index < -0.39 is 0 Å². The van der Waals surface area contributed by atoms with Crippen LogP contribution in [0.4, 0.5) is 0 Å². The third-order valence-electron chi connectivity index (χ3n) is 5.21. The van der Waals surface area contributed by atoms with E-state index in [9.17, 15) is 4.79 Å². The third-order valence-corrected chi connectivity index (χ3v) is 5.21. The summed E-state index contributed by atoms with van der Waals surface area (Å²) < 4.78 is 2.16. The van der Waals surface area contributed by atoms with Crippen molar-refractivity contribution in [2.75, 3.05) is 0 Å². The molecule has 4 heteroatoms. The second-order valence-corrected chi connectivity index (χ2v) is 6.87. The molecular weight excluding hydrogens is 274 g/mol. The first-order valence-corrected chi connectivity index (χ1v) is 8.47. The van der Waals surface area contributed by atoms with Crippen LogP contribution < -0.4 is 5.32 Å². The Balaban J connectivity index is 1.55. The number of carbonyl (C=O) groups is 1. The van der Waals surface area contributed by atoms with E-state index in [2.05, 4.69) is 35.0 Å². The molecule has 4 rings (SSSR count). The highest BCUT2D eigenvalue weighted by Crippen LogP contribution is 2.27. The average molecular weight is 297 g/mol. The average Bonchev–Trinajstić information content (AvgIpc) is 3.12. The fourth-order valence-electron chi connectivity index (χ4n) is 3.92. The number of pyridine rings is 1. The minimum Gasteiger partial charge on any atom is -0.353 e. The Kier molecular flexibility index (Phi) is 3.40. The van der Waals surface area contributed by atoms with Crippen LogP contribution in [-0.2, 0) is 17.6 Å². The molecule has 4 nitrogen and oxygen atoms in total. The zero-order valence-corrected chi connectivity index (χ0v) is 13.1. The van der Waals surface area contributed by atoms with Crippen LogP contribution in [0.2, 0.25) is 0 Å². The second-order valence-electron chi connectivity index (χ2n) is 6.87. The van der Waals surface area contributed by atoms with Gasteiger partial charge in [0.15, 0.2) is 0 Å². The SMILES string of the molecule is Cc1ccn2c3c(nc2c1)CCC(C(=O)NC1CCCC1)C3. The number of carbonyl (C=O) groups excluding carboxylic acids is 1. The topological polar surface area (TPSA) is 46.4 Å². The molecule has 22 heavy (non-hydrogen) atoms. The van der Waals surface area contributed by atoms with Gasteiger partial charge in [-0.15, -0.1) is 0 Å². The molecule has 0 aromatic carbocycles. The highest BCUT2D eigenvalue weighted by molar-refractivity contribution is 5.79. The number of nitrogens with zero attached hydrogens (tertiary/aromatic N) is 2. The molecule has 0 aliphatic heterocycles. The lowest BCUT2D eigenvalue weighted by Gasteiger charge is -2.23. The van der Waals surface area contributed by atoms with Crippen LogP contribution >= 0.6 is 0 Å². The van der Waals surface area contributed by atoms with E-state index in [-0.39, 0.29) is 11.8 Å². The Morgan fingerprint density at radius 1 is 1.32 bits per heavy atom. The number of imidazole rings is 1. The van der Waals surface area contributed by atoms with Gasteiger partial charge in [-0.25, -0.2) is 4.98 Å². The normalized spacial score (nSPS) is 22.0. The van der Waals surface area contributed by atoms with Crippen molar-refractivity contribution in [1.82, 2.24) is 14.7 Å². The van der Waals surface area contributed by atoms with Crippen molar-refractivity contribution in [3.05, 3.63) is 35.3 Å². The number of aromatic nitrogens is 2. The Morgan fingerprint density at radius 3 is 2.95 bits per heavy atom. The first kappa shape index (κ1) is 13.8.